The molecule has 5 rings (SSSR count). The average Bonchev–Trinajstić information content (AvgIpc) is 3.48. The van der Waals surface area contributed by atoms with Crippen LogP contribution >= 0.6 is 11.3 Å². The molecule has 1 aromatic carbocycles. The molecule has 1 unspecified atom stereocenters. The van der Waals surface area contributed by atoms with Crippen molar-refractivity contribution in [3.8, 4) is 22.3 Å². The summed E-state index contributed by atoms with van der Waals surface area (Å²) in [4.78, 5) is 10.3. The molecule has 4 heterocycles. The maximum absolute atomic E-state index is 5.81. The number of pyridine rings is 1. The van der Waals surface area contributed by atoms with Gasteiger partial charge < -0.3 is 14.5 Å². The van der Waals surface area contributed by atoms with Gasteiger partial charge in [-0.25, -0.2) is 0 Å². The van der Waals surface area contributed by atoms with Crippen molar-refractivity contribution in [2.24, 2.45) is 0 Å². The summed E-state index contributed by atoms with van der Waals surface area (Å²) in [5.74, 6) is 0. The van der Waals surface area contributed by atoms with E-state index in [1.54, 1.807) is 18.4 Å². The Morgan fingerprint density at radius 3 is 2.80 bits per heavy atom. The number of ether oxygens (including phenoxy) is 2. The van der Waals surface area contributed by atoms with Gasteiger partial charge in [0.25, 0.3) is 0 Å². The molecule has 1 saturated heterocycles. The quantitative estimate of drug-likeness (QED) is 0.487. The number of hydrogen-bond donors (Lipinski definition) is 1. The summed E-state index contributed by atoms with van der Waals surface area (Å²) in [5, 5.41) is 5.47. The second-order valence-electron chi connectivity index (χ2n) is 7.60. The van der Waals surface area contributed by atoms with Gasteiger partial charge in [0, 0.05) is 72.8 Å². The fraction of sp³-hybridized carbons (Fsp3) is 0.292. The monoisotopic (exact) mass is 419 g/mol. The Hall–Kier alpha value is -2.51. The van der Waals surface area contributed by atoms with Crippen LogP contribution in [0.4, 0.5) is 0 Å². The van der Waals surface area contributed by atoms with Crippen molar-refractivity contribution in [2.75, 3.05) is 33.4 Å². The first-order valence-electron chi connectivity index (χ1n) is 10.2. The van der Waals surface area contributed by atoms with Gasteiger partial charge in [-0.15, -0.1) is 0 Å². The van der Waals surface area contributed by atoms with Crippen LogP contribution in [0.1, 0.15) is 5.56 Å². The van der Waals surface area contributed by atoms with E-state index in [2.05, 4.69) is 62.2 Å². The van der Waals surface area contributed by atoms with Crippen molar-refractivity contribution < 1.29 is 9.47 Å². The second-order valence-corrected chi connectivity index (χ2v) is 8.38. The highest BCUT2D eigenvalue weighted by Gasteiger charge is 2.21. The van der Waals surface area contributed by atoms with E-state index < -0.39 is 0 Å². The number of H-pyrrole nitrogens is 1. The van der Waals surface area contributed by atoms with Gasteiger partial charge in [-0.05, 0) is 46.2 Å². The number of hydrogen-bond acceptors (Lipinski definition) is 5. The SMILES string of the molecule is COC(Cc1ccc2[nH]cc(-c3cncc(-c4ccsc4)c3)c2c1)N1CCOCC1. The summed E-state index contributed by atoms with van der Waals surface area (Å²) in [6.45, 7) is 3.37. The smallest absolute Gasteiger partial charge is 0.114 e. The number of morpholine rings is 1. The molecule has 1 aliphatic heterocycles. The molecule has 0 bridgehead atoms. The largest absolute Gasteiger partial charge is 0.379 e. The Morgan fingerprint density at radius 2 is 2.00 bits per heavy atom. The lowest BCUT2D eigenvalue weighted by Gasteiger charge is -2.33. The third-order valence-electron chi connectivity index (χ3n) is 5.79. The highest BCUT2D eigenvalue weighted by atomic mass is 32.1. The summed E-state index contributed by atoms with van der Waals surface area (Å²) >= 11 is 1.70. The summed E-state index contributed by atoms with van der Waals surface area (Å²) in [6, 6.07) is 11.0. The molecule has 1 aliphatic rings. The van der Waals surface area contributed by atoms with E-state index in [0.29, 0.717) is 0 Å². The van der Waals surface area contributed by atoms with Gasteiger partial charge in [0.05, 0.1) is 13.2 Å². The van der Waals surface area contributed by atoms with Crippen LogP contribution in [0, 0.1) is 0 Å². The summed E-state index contributed by atoms with van der Waals surface area (Å²) < 4.78 is 11.3. The molecule has 5 nitrogen and oxygen atoms in total. The number of rotatable bonds is 6. The lowest BCUT2D eigenvalue weighted by molar-refractivity contribution is -0.0777. The van der Waals surface area contributed by atoms with Crippen LogP contribution in [0.15, 0.2) is 59.7 Å². The molecule has 0 radical (unpaired) electrons. The Morgan fingerprint density at radius 1 is 1.13 bits per heavy atom. The molecule has 0 spiro atoms. The second kappa shape index (κ2) is 8.70. The molecule has 1 fully saturated rings. The minimum Gasteiger partial charge on any atom is -0.379 e. The van der Waals surface area contributed by atoms with Gasteiger partial charge in [0.15, 0.2) is 0 Å². The van der Waals surface area contributed by atoms with Crippen LogP contribution in [0.5, 0.6) is 0 Å². The van der Waals surface area contributed by atoms with E-state index in [-0.39, 0.29) is 6.23 Å². The molecule has 0 saturated carbocycles. The minimum absolute atomic E-state index is 0.0670. The van der Waals surface area contributed by atoms with Gasteiger partial charge in [-0.3, -0.25) is 9.88 Å². The normalized spacial score (nSPS) is 16.2. The molecule has 154 valence electrons. The first kappa shape index (κ1) is 19.5. The minimum atomic E-state index is 0.0670. The van der Waals surface area contributed by atoms with Crippen LogP contribution < -0.4 is 0 Å². The number of nitrogens with one attached hydrogen (secondary N) is 1. The van der Waals surface area contributed by atoms with E-state index in [9.17, 15) is 0 Å². The van der Waals surface area contributed by atoms with Crippen LogP contribution in [-0.2, 0) is 15.9 Å². The van der Waals surface area contributed by atoms with Crippen LogP contribution in [-0.4, -0.2) is 54.5 Å². The number of methoxy groups -OCH3 is 1. The zero-order valence-corrected chi connectivity index (χ0v) is 17.8. The van der Waals surface area contributed by atoms with Crippen molar-refractivity contribution in [1.29, 1.82) is 0 Å². The fourth-order valence-corrected chi connectivity index (χ4v) is 4.80. The molecule has 4 aromatic rings. The molecule has 0 aliphatic carbocycles. The summed E-state index contributed by atoms with van der Waals surface area (Å²) in [6.07, 6.45) is 6.87. The maximum Gasteiger partial charge on any atom is 0.114 e. The van der Waals surface area contributed by atoms with Gasteiger partial charge >= 0.3 is 0 Å². The molecule has 3 aromatic heterocycles. The Bertz CT molecular complexity index is 1120. The Labute approximate surface area is 180 Å². The Balaban J connectivity index is 1.45. The van der Waals surface area contributed by atoms with E-state index in [1.807, 2.05) is 12.4 Å². The van der Waals surface area contributed by atoms with E-state index >= 15 is 0 Å². The zero-order chi connectivity index (χ0) is 20.3. The number of fused-ring (bicyclic) bond motifs is 1. The molecule has 6 heteroatoms. The lowest BCUT2D eigenvalue weighted by Crippen LogP contribution is -2.45. The molecular weight excluding hydrogens is 394 g/mol. The number of nitrogens with zero attached hydrogens (tertiary/aromatic N) is 2. The van der Waals surface area contributed by atoms with E-state index in [4.69, 9.17) is 9.47 Å². The third-order valence-corrected chi connectivity index (χ3v) is 6.47. The fourth-order valence-electron chi connectivity index (χ4n) is 4.14. The van der Waals surface area contributed by atoms with Gasteiger partial charge in [0.1, 0.15) is 6.23 Å². The predicted octanol–water partition coefficient (Wildman–Crippen LogP) is 4.81. The summed E-state index contributed by atoms with van der Waals surface area (Å²) in [5.41, 5.74) is 7.06. The van der Waals surface area contributed by atoms with Crippen molar-refractivity contribution in [3.05, 3.63) is 65.2 Å². The first-order chi connectivity index (χ1) is 14.8. The summed E-state index contributed by atoms with van der Waals surface area (Å²) in [7, 11) is 1.79. The molecule has 0 amide bonds. The van der Waals surface area contributed by atoms with Crippen molar-refractivity contribution in [1.82, 2.24) is 14.9 Å². The number of aromatic amines is 1. The van der Waals surface area contributed by atoms with Crippen molar-refractivity contribution in [3.63, 3.8) is 0 Å². The Kier molecular flexibility index (Phi) is 5.64. The average molecular weight is 420 g/mol. The van der Waals surface area contributed by atoms with Gasteiger partial charge in [-0.1, -0.05) is 6.07 Å². The predicted molar refractivity (Wildman–Crippen MR) is 122 cm³/mol. The standard InChI is InChI=1S/C24H25N3O2S/c1-28-24(27-5-7-29-8-6-27)11-17-2-3-23-21(10-17)22(15-26-23)20-12-19(13-25-14-20)18-4-9-30-16-18/h2-4,9-10,12-16,24,26H,5-8,11H2,1H3. The zero-order valence-electron chi connectivity index (χ0n) is 17.0. The highest BCUT2D eigenvalue weighted by Crippen LogP contribution is 2.32. The van der Waals surface area contributed by atoms with Crippen LogP contribution in [0.3, 0.4) is 0 Å². The molecule has 1 N–H and O–H groups in total. The van der Waals surface area contributed by atoms with Crippen LogP contribution in [0.2, 0.25) is 0 Å². The molecule has 30 heavy (non-hydrogen) atoms. The molecule has 1 atom stereocenters. The maximum atomic E-state index is 5.81. The first-order valence-corrected chi connectivity index (χ1v) is 11.2. The highest BCUT2D eigenvalue weighted by molar-refractivity contribution is 7.08. The van der Waals surface area contributed by atoms with Gasteiger partial charge in [-0.2, -0.15) is 11.3 Å². The van der Waals surface area contributed by atoms with Crippen molar-refractivity contribution in [2.45, 2.75) is 12.6 Å². The van der Waals surface area contributed by atoms with Crippen molar-refractivity contribution >= 4 is 22.2 Å². The van der Waals surface area contributed by atoms with Gasteiger partial charge in [0.2, 0.25) is 0 Å². The third kappa shape index (κ3) is 3.91. The van der Waals surface area contributed by atoms with E-state index in [1.165, 1.54) is 22.1 Å². The number of aromatic nitrogens is 2. The van der Waals surface area contributed by atoms with E-state index in [0.717, 1.165) is 49.4 Å². The molecular formula is C24H25N3O2S. The lowest BCUT2D eigenvalue weighted by atomic mass is 10.0. The van der Waals surface area contributed by atoms with Crippen LogP contribution in [0.25, 0.3) is 33.2 Å². The topological polar surface area (TPSA) is 50.4 Å². The number of thiophene rings is 1. The number of benzene rings is 1.